The molecule has 0 amide bonds. The van der Waals surface area contributed by atoms with Crippen molar-refractivity contribution in [1.29, 1.82) is 0 Å². The van der Waals surface area contributed by atoms with E-state index in [1.165, 1.54) is 6.20 Å². The maximum atomic E-state index is 10.6. The lowest BCUT2D eigenvalue weighted by Crippen LogP contribution is -1.95. The van der Waals surface area contributed by atoms with Crippen LogP contribution in [0, 0.1) is 0 Å². The summed E-state index contributed by atoms with van der Waals surface area (Å²) in [5.74, 6) is -0.511. The van der Waals surface area contributed by atoms with Gasteiger partial charge in [0.2, 0.25) is 0 Å². The Balaban J connectivity index is 2.38. The number of H-pyrrole nitrogens is 1. The Bertz CT molecular complexity index is 471. The Morgan fingerprint density at radius 1 is 1.57 bits per heavy atom. The number of aromatic amines is 1. The Labute approximate surface area is 79.2 Å². The average molecular weight is 192 g/mol. The minimum Gasteiger partial charge on any atom is -0.477 e. The van der Waals surface area contributed by atoms with Gasteiger partial charge in [-0.2, -0.15) is 5.10 Å². The number of hydrogen-bond donors (Lipinski definition) is 2. The van der Waals surface area contributed by atoms with E-state index in [9.17, 15) is 4.79 Å². The van der Waals surface area contributed by atoms with E-state index in [0.29, 0.717) is 5.82 Å². The third-order valence-electron chi connectivity index (χ3n) is 1.78. The van der Waals surface area contributed by atoms with Crippen molar-refractivity contribution in [3.8, 4) is 11.4 Å². The van der Waals surface area contributed by atoms with E-state index in [1.807, 2.05) is 0 Å². The molecule has 0 spiro atoms. The number of rotatable bonds is 2. The Morgan fingerprint density at radius 2 is 2.36 bits per heavy atom. The van der Waals surface area contributed by atoms with Crippen LogP contribution in [0.4, 0.5) is 0 Å². The number of carboxylic acids is 1. The second kappa shape index (κ2) is 2.99. The van der Waals surface area contributed by atoms with E-state index < -0.39 is 5.97 Å². The van der Waals surface area contributed by atoms with Crippen molar-refractivity contribution in [3.05, 3.63) is 24.3 Å². The van der Waals surface area contributed by atoms with Crippen molar-refractivity contribution < 1.29 is 9.90 Å². The quantitative estimate of drug-likeness (QED) is 0.726. The molecular formula is C8H8N4O2. The number of imidazole rings is 1. The van der Waals surface area contributed by atoms with Crippen LogP contribution in [-0.2, 0) is 7.05 Å². The molecule has 0 radical (unpaired) electrons. The van der Waals surface area contributed by atoms with Gasteiger partial charge in [-0.05, 0) is 0 Å². The van der Waals surface area contributed by atoms with E-state index in [1.54, 1.807) is 24.1 Å². The minimum absolute atomic E-state index is 0.0730. The molecule has 2 heterocycles. The smallest absolute Gasteiger partial charge is 0.353 e. The van der Waals surface area contributed by atoms with E-state index in [-0.39, 0.29) is 5.69 Å². The van der Waals surface area contributed by atoms with Gasteiger partial charge in [0.1, 0.15) is 11.5 Å². The molecule has 0 unspecified atom stereocenters. The van der Waals surface area contributed by atoms with E-state index >= 15 is 0 Å². The molecule has 2 N–H and O–H groups in total. The van der Waals surface area contributed by atoms with Crippen LogP contribution < -0.4 is 0 Å². The van der Waals surface area contributed by atoms with E-state index in [2.05, 4.69) is 15.1 Å². The number of aromatic carboxylic acids is 1. The van der Waals surface area contributed by atoms with Crippen molar-refractivity contribution in [2.24, 2.45) is 7.05 Å². The first kappa shape index (κ1) is 8.49. The molecule has 2 aromatic rings. The van der Waals surface area contributed by atoms with Gasteiger partial charge in [-0.3, -0.25) is 4.68 Å². The fourth-order valence-electron chi connectivity index (χ4n) is 1.12. The first-order chi connectivity index (χ1) is 6.66. The number of carbonyl (C=O) groups is 1. The van der Waals surface area contributed by atoms with Gasteiger partial charge in [-0.25, -0.2) is 9.78 Å². The van der Waals surface area contributed by atoms with Crippen molar-refractivity contribution in [2.45, 2.75) is 0 Å². The molecule has 2 aromatic heterocycles. The number of nitrogens with one attached hydrogen (secondary N) is 1. The second-order valence-corrected chi connectivity index (χ2v) is 2.85. The highest BCUT2D eigenvalue weighted by atomic mass is 16.4. The van der Waals surface area contributed by atoms with Crippen molar-refractivity contribution in [1.82, 2.24) is 19.7 Å². The highest BCUT2D eigenvalue weighted by Crippen LogP contribution is 2.13. The van der Waals surface area contributed by atoms with Gasteiger partial charge in [0.25, 0.3) is 0 Å². The number of aromatic nitrogens is 4. The van der Waals surface area contributed by atoms with Crippen LogP contribution in [0.1, 0.15) is 10.5 Å². The van der Waals surface area contributed by atoms with Crippen molar-refractivity contribution in [2.75, 3.05) is 0 Å². The summed E-state index contributed by atoms with van der Waals surface area (Å²) < 4.78 is 1.62. The van der Waals surface area contributed by atoms with Gasteiger partial charge in [-0.15, -0.1) is 0 Å². The molecule has 0 aliphatic heterocycles. The molecule has 0 bridgehead atoms. The highest BCUT2D eigenvalue weighted by Gasteiger charge is 2.09. The molecule has 0 aliphatic carbocycles. The molecule has 14 heavy (non-hydrogen) atoms. The maximum Gasteiger partial charge on any atom is 0.353 e. The zero-order valence-corrected chi connectivity index (χ0v) is 7.43. The monoisotopic (exact) mass is 192 g/mol. The average Bonchev–Trinajstić information content (AvgIpc) is 2.70. The van der Waals surface area contributed by atoms with Crippen LogP contribution >= 0.6 is 0 Å². The Kier molecular flexibility index (Phi) is 1.81. The number of carboxylic acid groups (broad SMARTS) is 1. The van der Waals surface area contributed by atoms with Gasteiger partial charge >= 0.3 is 5.97 Å². The maximum absolute atomic E-state index is 10.6. The fourth-order valence-corrected chi connectivity index (χ4v) is 1.12. The zero-order chi connectivity index (χ0) is 10.1. The summed E-state index contributed by atoms with van der Waals surface area (Å²) in [6, 6.07) is 0. The predicted molar refractivity (Wildman–Crippen MR) is 47.7 cm³/mol. The molecule has 0 fully saturated rings. The summed E-state index contributed by atoms with van der Waals surface area (Å²) in [6.45, 7) is 0. The SMILES string of the molecule is Cn1cc(-c2ncc(C(=O)O)[nH]2)cn1. The Morgan fingerprint density at radius 3 is 2.86 bits per heavy atom. The van der Waals surface area contributed by atoms with Crippen LogP contribution in [0.25, 0.3) is 11.4 Å². The Hall–Kier alpha value is -2.11. The molecule has 2 rings (SSSR count). The molecule has 0 saturated carbocycles. The molecule has 0 atom stereocenters. The summed E-state index contributed by atoms with van der Waals surface area (Å²) in [4.78, 5) is 17.2. The molecule has 0 aliphatic rings. The van der Waals surface area contributed by atoms with Gasteiger partial charge in [-0.1, -0.05) is 0 Å². The third-order valence-corrected chi connectivity index (χ3v) is 1.78. The van der Waals surface area contributed by atoms with Crippen LogP contribution in [0.3, 0.4) is 0 Å². The molecular weight excluding hydrogens is 184 g/mol. The van der Waals surface area contributed by atoms with Crippen LogP contribution in [0.15, 0.2) is 18.6 Å². The number of nitrogens with zero attached hydrogens (tertiary/aromatic N) is 3. The zero-order valence-electron chi connectivity index (χ0n) is 7.43. The van der Waals surface area contributed by atoms with Crippen LogP contribution in [-0.4, -0.2) is 30.8 Å². The fraction of sp³-hybridized carbons (Fsp3) is 0.125. The van der Waals surface area contributed by atoms with Gasteiger partial charge in [0.05, 0.1) is 18.0 Å². The summed E-state index contributed by atoms with van der Waals surface area (Å²) in [5, 5.41) is 12.6. The normalized spacial score (nSPS) is 10.4. The van der Waals surface area contributed by atoms with Crippen LogP contribution in [0.5, 0.6) is 0 Å². The summed E-state index contributed by atoms with van der Waals surface area (Å²) in [6.07, 6.45) is 4.65. The van der Waals surface area contributed by atoms with E-state index in [4.69, 9.17) is 5.11 Å². The summed E-state index contributed by atoms with van der Waals surface area (Å²) >= 11 is 0. The standard InChI is InChI=1S/C8H8N4O2/c1-12-4-5(2-10-12)7-9-3-6(11-7)8(13)14/h2-4H,1H3,(H,9,11)(H,13,14). The summed E-state index contributed by atoms with van der Waals surface area (Å²) in [7, 11) is 1.78. The highest BCUT2D eigenvalue weighted by molar-refractivity contribution is 5.85. The molecule has 6 heteroatoms. The van der Waals surface area contributed by atoms with Gasteiger partial charge in [0, 0.05) is 13.2 Å². The van der Waals surface area contributed by atoms with Gasteiger partial charge < -0.3 is 10.1 Å². The molecule has 0 aromatic carbocycles. The first-order valence-corrected chi connectivity index (χ1v) is 3.94. The van der Waals surface area contributed by atoms with Crippen LogP contribution in [0.2, 0.25) is 0 Å². The van der Waals surface area contributed by atoms with Crippen molar-refractivity contribution in [3.63, 3.8) is 0 Å². The second-order valence-electron chi connectivity index (χ2n) is 2.85. The summed E-state index contributed by atoms with van der Waals surface area (Å²) in [5.41, 5.74) is 0.837. The van der Waals surface area contributed by atoms with Crippen molar-refractivity contribution >= 4 is 5.97 Å². The third kappa shape index (κ3) is 1.37. The minimum atomic E-state index is -1.02. The van der Waals surface area contributed by atoms with E-state index in [0.717, 1.165) is 5.56 Å². The lowest BCUT2D eigenvalue weighted by Gasteiger charge is -1.88. The molecule has 6 nitrogen and oxygen atoms in total. The predicted octanol–water partition coefficient (Wildman–Crippen LogP) is 0.508. The lowest BCUT2D eigenvalue weighted by molar-refractivity contribution is 0.0691. The van der Waals surface area contributed by atoms with Gasteiger partial charge in [0.15, 0.2) is 0 Å². The number of hydrogen-bond acceptors (Lipinski definition) is 3. The first-order valence-electron chi connectivity index (χ1n) is 3.94. The number of aryl methyl sites for hydroxylation is 1. The largest absolute Gasteiger partial charge is 0.477 e. The lowest BCUT2D eigenvalue weighted by atomic mass is 10.3. The molecule has 0 saturated heterocycles. The molecule has 72 valence electrons. The topological polar surface area (TPSA) is 83.8 Å².